The first-order valence-corrected chi connectivity index (χ1v) is 4.85. The Bertz CT molecular complexity index is 368. The number of benzene rings is 1. The highest BCUT2D eigenvalue weighted by Crippen LogP contribution is 2.21. The predicted molar refractivity (Wildman–Crippen MR) is 58.6 cm³/mol. The smallest absolute Gasteiger partial charge is 0.274 e. The maximum atomic E-state index is 11.1. The van der Waals surface area contributed by atoms with Crippen LogP contribution in [0.5, 0.6) is 5.75 Å². The molecule has 0 aliphatic heterocycles. The Morgan fingerprint density at radius 3 is 2.80 bits per heavy atom. The topological polar surface area (TPSA) is 64.3 Å². The van der Waals surface area contributed by atoms with Gasteiger partial charge in [0.05, 0.1) is 0 Å². The molecule has 5 heteroatoms. The summed E-state index contributed by atoms with van der Waals surface area (Å²) >= 11 is 5.85. The lowest BCUT2D eigenvalue weighted by atomic mass is 10.2. The molecule has 1 rings (SSSR count). The molecule has 4 nitrogen and oxygen atoms in total. The van der Waals surface area contributed by atoms with E-state index in [1.54, 1.807) is 25.1 Å². The molecule has 0 saturated carbocycles. The number of aryl methyl sites for hydroxylation is 1. The second-order valence-electron chi connectivity index (χ2n) is 3.18. The Kier molecular flexibility index (Phi) is 3.94. The SMILES string of the molecule is Cc1cc(O[C@H](C)C(=O)NN)ccc1Cl. The minimum atomic E-state index is -0.629. The van der Waals surface area contributed by atoms with Crippen LogP contribution in [0.4, 0.5) is 0 Å². The molecular weight excluding hydrogens is 216 g/mol. The van der Waals surface area contributed by atoms with Crippen molar-refractivity contribution in [1.82, 2.24) is 5.43 Å². The Balaban J connectivity index is 2.73. The van der Waals surface area contributed by atoms with Crippen LogP contribution in [0.15, 0.2) is 18.2 Å². The lowest BCUT2D eigenvalue weighted by molar-refractivity contribution is -0.127. The fourth-order valence-corrected chi connectivity index (χ4v) is 1.18. The Morgan fingerprint density at radius 2 is 2.27 bits per heavy atom. The molecule has 0 aromatic heterocycles. The van der Waals surface area contributed by atoms with Gasteiger partial charge in [0, 0.05) is 5.02 Å². The Hall–Kier alpha value is -1.26. The molecule has 0 bridgehead atoms. The minimum Gasteiger partial charge on any atom is -0.481 e. The number of carbonyl (C=O) groups is 1. The highest BCUT2D eigenvalue weighted by molar-refractivity contribution is 6.31. The van der Waals surface area contributed by atoms with Crippen LogP contribution >= 0.6 is 11.6 Å². The Labute approximate surface area is 93.3 Å². The van der Waals surface area contributed by atoms with Crippen molar-refractivity contribution in [2.24, 2.45) is 5.84 Å². The van der Waals surface area contributed by atoms with Crippen molar-refractivity contribution in [3.63, 3.8) is 0 Å². The fraction of sp³-hybridized carbons (Fsp3) is 0.300. The Morgan fingerprint density at radius 1 is 1.60 bits per heavy atom. The van der Waals surface area contributed by atoms with Crippen molar-refractivity contribution < 1.29 is 9.53 Å². The molecule has 0 unspecified atom stereocenters. The second kappa shape index (κ2) is 5.00. The summed E-state index contributed by atoms with van der Waals surface area (Å²) in [6.07, 6.45) is -0.629. The molecule has 0 heterocycles. The summed E-state index contributed by atoms with van der Waals surface area (Å²) in [7, 11) is 0. The second-order valence-corrected chi connectivity index (χ2v) is 3.59. The van der Waals surface area contributed by atoms with Gasteiger partial charge in [-0.1, -0.05) is 11.6 Å². The predicted octanol–water partition coefficient (Wildman–Crippen LogP) is 1.41. The van der Waals surface area contributed by atoms with Crippen LogP contribution in [-0.4, -0.2) is 12.0 Å². The monoisotopic (exact) mass is 228 g/mol. The first-order valence-electron chi connectivity index (χ1n) is 4.48. The van der Waals surface area contributed by atoms with Crippen molar-refractivity contribution in [1.29, 1.82) is 0 Å². The summed E-state index contributed by atoms with van der Waals surface area (Å²) in [6, 6.07) is 5.19. The van der Waals surface area contributed by atoms with Gasteiger partial charge < -0.3 is 4.74 Å². The number of ether oxygens (including phenoxy) is 1. The molecule has 1 atom stereocenters. The zero-order chi connectivity index (χ0) is 11.4. The van der Waals surface area contributed by atoms with Crippen molar-refractivity contribution in [3.8, 4) is 5.75 Å². The molecule has 15 heavy (non-hydrogen) atoms. The van der Waals surface area contributed by atoms with Gasteiger partial charge >= 0.3 is 0 Å². The maximum Gasteiger partial charge on any atom is 0.274 e. The van der Waals surface area contributed by atoms with E-state index >= 15 is 0 Å². The van der Waals surface area contributed by atoms with Crippen LogP contribution in [0.1, 0.15) is 12.5 Å². The van der Waals surface area contributed by atoms with E-state index in [0.717, 1.165) is 5.56 Å². The molecule has 82 valence electrons. The van der Waals surface area contributed by atoms with Crippen molar-refractivity contribution >= 4 is 17.5 Å². The van der Waals surface area contributed by atoms with Crippen molar-refractivity contribution in [2.45, 2.75) is 20.0 Å². The van der Waals surface area contributed by atoms with E-state index in [1.165, 1.54) is 0 Å². The summed E-state index contributed by atoms with van der Waals surface area (Å²) in [5, 5.41) is 0.665. The molecule has 0 aliphatic carbocycles. The molecule has 0 saturated heterocycles. The van der Waals surface area contributed by atoms with Crippen LogP contribution in [0, 0.1) is 6.92 Å². The molecule has 1 aromatic carbocycles. The molecule has 0 spiro atoms. The normalized spacial score (nSPS) is 12.0. The summed E-state index contributed by atoms with van der Waals surface area (Å²) in [5.74, 6) is 5.20. The number of amides is 1. The van der Waals surface area contributed by atoms with Gasteiger partial charge in [0.25, 0.3) is 5.91 Å². The van der Waals surface area contributed by atoms with E-state index in [1.807, 2.05) is 12.3 Å². The molecule has 0 radical (unpaired) electrons. The average molecular weight is 229 g/mol. The highest BCUT2D eigenvalue weighted by Gasteiger charge is 2.12. The molecule has 3 N–H and O–H groups in total. The van der Waals surface area contributed by atoms with Gasteiger partial charge in [-0.05, 0) is 37.6 Å². The van der Waals surface area contributed by atoms with E-state index in [4.69, 9.17) is 22.2 Å². The lowest BCUT2D eigenvalue weighted by Crippen LogP contribution is -2.40. The van der Waals surface area contributed by atoms with Crippen LogP contribution in [0.25, 0.3) is 0 Å². The van der Waals surface area contributed by atoms with Gasteiger partial charge in [0.2, 0.25) is 0 Å². The molecule has 0 aliphatic rings. The number of nitrogens with two attached hydrogens (primary N) is 1. The van der Waals surface area contributed by atoms with E-state index < -0.39 is 6.10 Å². The third-order valence-corrected chi connectivity index (χ3v) is 2.38. The largest absolute Gasteiger partial charge is 0.481 e. The number of carbonyl (C=O) groups excluding carboxylic acids is 1. The lowest BCUT2D eigenvalue weighted by Gasteiger charge is -2.13. The third kappa shape index (κ3) is 3.11. The first-order chi connectivity index (χ1) is 7.04. The molecule has 0 fully saturated rings. The number of rotatable bonds is 3. The average Bonchev–Trinajstić information content (AvgIpc) is 2.22. The van der Waals surface area contributed by atoms with Crippen LogP contribution in [0.2, 0.25) is 5.02 Å². The van der Waals surface area contributed by atoms with E-state index in [9.17, 15) is 4.79 Å². The van der Waals surface area contributed by atoms with Gasteiger partial charge in [0.15, 0.2) is 6.10 Å². The van der Waals surface area contributed by atoms with Gasteiger partial charge in [-0.3, -0.25) is 10.2 Å². The van der Waals surface area contributed by atoms with Gasteiger partial charge in [-0.2, -0.15) is 0 Å². The zero-order valence-corrected chi connectivity index (χ0v) is 9.34. The van der Waals surface area contributed by atoms with E-state index in [2.05, 4.69) is 0 Å². The van der Waals surface area contributed by atoms with Crippen LogP contribution in [0.3, 0.4) is 0 Å². The van der Waals surface area contributed by atoms with Crippen molar-refractivity contribution in [2.75, 3.05) is 0 Å². The summed E-state index contributed by atoms with van der Waals surface area (Å²) in [5.41, 5.74) is 2.92. The van der Waals surface area contributed by atoms with Gasteiger partial charge in [-0.15, -0.1) is 0 Å². The number of halogens is 1. The van der Waals surface area contributed by atoms with Crippen LogP contribution in [-0.2, 0) is 4.79 Å². The maximum absolute atomic E-state index is 11.1. The first kappa shape index (κ1) is 11.8. The van der Waals surface area contributed by atoms with E-state index in [0.29, 0.717) is 10.8 Å². The minimum absolute atomic E-state index is 0.373. The zero-order valence-electron chi connectivity index (χ0n) is 8.58. The van der Waals surface area contributed by atoms with Crippen LogP contribution < -0.4 is 16.0 Å². The third-order valence-electron chi connectivity index (χ3n) is 1.95. The number of hydrazine groups is 1. The summed E-state index contributed by atoms with van der Waals surface area (Å²) in [4.78, 5) is 11.1. The molecular formula is C10H13ClN2O2. The summed E-state index contributed by atoms with van der Waals surface area (Å²) in [6.45, 7) is 3.48. The molecule has 1 aromatic rings. The van der Waals surface area contributed by atoms with E-state index in [-0.39, 0.29) is 5.91 Å². The standard InChI is InChI=1S/C10H13ClN2O2/c1-6-5-8(3-4-9(6)11)15-7(2)10(14)13-12/h3-5,7H,12H2,1-2H3,(H,13,14)/t7-/m1/s1. The van der Waals surface area contributed by atoms with Gasteiger partial charge in [-0.25, -0.2) is 5.84 Å². The molecule has 1 amide bonds. The quantitative estimate of drug-likeness (QED) is 0.467. The summed E-state index contributed by atoms with van der Waals surface area (Å²) < 4.78 is 5.35. The highest BCUT2D eigenvalue weighted by atomic mass is 35.5. The van der Waals surface area contributed by atoms with Gasteiger partial charge in [0.1, 0.15) is 5.75 Å². The van der Waals surface area contributed by atoms with Crippen molar-refractivity contribution in [3.05, 3.63) is 28.8 Å². The fourth-order valence-electron chi connectivity index (χ4n) is 1.07. The number of nitrogens with one attached hydrogen (secondary N) is 1. The number of hydrogen-bond donors (Lipinski definition) is 2. The number of hydrogen-bond acceptors (Lipinski definition) is 3.